The number of pyridine rings is 2. The fraction of sp³-hybridized carbons (Fsp3) is 0.217. The molecule has 1 aromatic carbocycles. The molecule has 0 saturated carbocycles. The molecule has 2 heterocycles. The first-order chi connectivity index (χ1) is 15.3. The van der Waals surface area contributed by atoms with E-state index in [1.165, 1.54) is 4.90 Å². The topological polar surface area (TPSA) is 108 Å². The summed E-state index contributed by atoms with van der Waals surface area (Å²) in [6.07, 6.45) is 3.29. The third-order valence-corrected chi connectivity index (χ3v) is 4.74. The maximum Gasteiger partial charge on any atom is 0.271 e. The van der Waals surface area contributed by atoms with E-state index in [2.05, 4.69) is 25.9 Å². The maximum absolute atomic E-state index is 12.2. The monoisotopic (exact) mass is 434 g/mol. The summed E-state index contributed by atoms with van der Waals surface area (Å²) in [5.41, 5.74) is 3.72. The molecule has 0 radical (unpaired) electrons. The van der Waals surface area contributed by atoms with Crippen LogP contribution in [-0.4, -0.2) is 54.9 Å². The van der Waals surface area contributed by atoms with Gasteiger partial charge in [-0.1, -0.05) is 0 Å². The molecule has 9 nitrogen and oxygen atoms in total. The number of methoxy groups -OCH3 is 1. The van der Waals surface area contributed by atoms with Gasteiger partial charge >= 0.3 is 0 Å². The smallest absolute Gasteiger partial charge is 0.271 e. The molecule has 0 saturated heterocycles. The zero-order valence-electron chi connectivity index (χ0n) is 18.7. The molecule has 0 aliphatic rings. The van der Waals surface area contributed by atoms with Gasteiger partial charge in [0.25, 0.3) is 11.8 Å². The van der Waals surface area contributed by atoms with E-state index in [4.69, 9.17) is 4.74 Å². The van der Waals surface area contributed by atoms with Crippen LogP contribution in [0.3, 0.4) is 0 Å². The van der Waals surface area contributed by atoms with Gasteiger partial charge in [-0.2, -0.15) is 0 Å². The first-order valence-electron chi connectivity index (χ1n) is 9.91. The number of amides is 2. The van der Waals surface area contributed by atoms with E-state index in [0.29, 0.717) is 34.2 Å². The Morgan fingerprint density at radius 2 is 1.78 bits per heavy atom. The summed E-state index contributed by atoms with van der Waals surface area (Å²) >= 11 is 0. The molecule has 0 spiro atoms. The Labute approximate surface area is 186 Å². The number of carbonyl (C=O) groups is 2. The molecular formula is C23H26N6O3. The number of rotatable bonds is 7. The van der Waals surface area contributed by atoms with Gasteiger partial charge in [0.1, 0.15) is 11.6 Å². The third-order valence-electron chi connectivity index (χ3n) is 4.74. The van der Waals surface area contributed by atoms with E-state index in [9.17, 15) is 9.59 Å². The molecule has 0 unspecified atom stereocenters. The summed E-state index contributed by atoms with van der Waals surface area (Å²) in [6, 6.07) is 10.6. The van der Waals surface area contributed by atoms with Gasteiger partial charge in [-0.15, -0.1) is 0 Å². The number of benzene rings is 1. The Kier molecular flexibility index (Phi) is 6.89. The summed E-state index contributed by atoms with van der Waals surface area (Å²) in [7, 11) is 6.50. The first kappa shape index (κ1) is 22.5. The summed E-state index contributed by atoms with van der Waals surface area (Å²) in [6.45, 7) is 1.91. The molecule has 0 fully saturated rings. The number of hydrogen-bond acceptors (Lipinski definition) is 7. The number of aromatic nitrogens is 2. The Morgan fingerprint density at radius 1 is 1.00 bits per heavy atom. The highest BCUT2D eigenvalue weighted by atomic mass is 16.5. The average Bonchev–Trinajstić information content (AvgIpc) is 2.80. The van der Waals surface area contributed by atoms with Crippen LogP contribution in [0.5, 0.6) is 5.75 Å². The Morgan fingerprint density at radius 3 is 2.47 bits per heavy atom. The van der Waals surface area contributed by atoms with Crippen LogP contribution in [0.1, 0.15) is 26.4 Å². The molecule has 9 heteroatoms. The van der Waals surface area contributed by atoms with Crippen LogP contribution in [-0.2, 0) is 0 Å². The van der Waals surface area contributed by atoms with Gasteiger partial charge in [0.15, 0.2) is 5.69 Å². The molecule has 3 aromatic rings. The Balaban J connectivity index is 1.89. The molecule has 0 aliphatic heterocycles. The summed E-state index contributed by atoms with van der Waals surface area (Å²) < 4.78 is 5.46. The minimum absolute atomic E-state index is 0.113. The van der Waals surface area contributed by atoms with E-state index < -0.39 is 0 Å². The fourth-order valence-electron chi connectivity index (χ4n) is 3.00. The molecule has 3 N–H and O–H groups in total. The van der Waals surface area contributed by atoms with Crippen LogP contribution in [0, 0.1) is 6.92 Å². The van der Waals surface area contributed by atoms with Crippen molar-refractivity contribution in [2.75, 3.05) is 38.9 Å². The van der Waals surface area contributed by atoms with Crippen molar-refractivity contribution >= 4 is 34.7 Å². The second-order valence-corrected chi connectivity index (χ2v) is 7.23. The number of hydrogen-bond donors (Lipinski definition) is 3. The number of nitrogens with zero attached hydrogens (tertiary/aromatic N) is 3. The standard InChI is InChI=1S/C23H26N6O3/c1-14-13-26-20(12-18(14)27-17-7-6-10-25-21(17)22(30)24-2)28-16-9-8-15(11-19(16)32-5)23(31)29(3)4/h6-13H,1-5H3,(H,24,30)(H2,26,27,28). The number of aryl methyl sites for hydroxylation is 1. The normalized spacial score (nSPS) is 10.3. The highest BCUT2D eigenvalue weighted by Crippen LogP contribution is 2.31. The summed E-state index contributed by atoms with van der Waals surface area (Å²) in [5, 5.41) is 9.08. The number of nitrogens with one attached hydrogen (secondary N) is 3. The van der Waals surface area contributed by atoms with E-state index in [1.807, 2.05) is 13.0 Å². The largest absolute Gasteiger partial charge is 0.495 e. The van der Waals surface area contributed by atoms with E-state index in [0.717, 1.165) is 11.3 Å². The fourth-order valence-corrected chi connectivity index (χ4v) is 3.00. The van der Waals surface area contributed by atoms with Crippen molar-refractivity contribution in [1.29, 1.82) is 0 Å². The van der Waals surface area contributed by atoms with Gasteiger partial charge in [-0.3, -0.25) is 9.59 Å². The minimum atomic E-state index is -0.282. The number of anilines is 4. The second-order valence-electron chi connectivity index (χ2n) is 7.23. The molecule has 2 aromatic heterocycles. The molecule has 0 atom stereocenters. The second kappa shape index (κ2) is 9.78. The zero-order valence-corrected chi connectivity index (χ0v) is 18.7. The van der Waals surface area contributed by atoms with Crippen LogP contribution >= 0.6 is 0 Å². The van der Waals surface area contributed by atoms with E-state index in [-0.39, 0.29) is 11.8 Å². The Hall–Kier alpha value is -4.14. The molecule has 32 heavy (non-hydrogen) atoms. The molecule has 0 bridgehead atoms. The highest BCUT2D eigenvalue weighted by Gasteiger charge is 2.14. The van der Waals surface area contributed by atoms with Crippen LogP contribution in [0.25, 0.3) is 0 Å². The van der Waals surface area contributed by atoms with E-state index >= 15 is 0 Å². The number of ether oxygens (including phenoxy) is 1. The first-order valence-corrected chi connectivity index (χ1v) is 9.91. The molecule has 166 valence electrons. The van der Waals surface area contributed by atoms with Crippen molar-refractivity contribution < 1.29 is 14.3 Å². The zero-order chi connectivity index (χ0) is 23.3. The molecular weight excluding hydrogens is 408 g/mol. The van der Waals surface area contributed by atoms with E-state index in [1.54, 1.807) is 71.0 Å². The highest BCUT2D eigenvalue weighted by molar-refractivity contribution is 5.98. The predicted octanol–water partition coefficient (Wildman–Crippen LogP) is 3.34. The SMILES string of the molecule is CNC(=O)c1ncccc1Nc1cc(Nc2ccc(C(=O)N(C)C)cc2OC)ncc1C. The minimum Gasteiger partial charge on any atom is -0.495 e. The Bertz CT molecular complexity index is 1150. The van der Waals surface area contributed by atoms with Gasteiger partial charge < -0.3 is 25.6 Å². The van der Waals surface area contributed by atoms with Crippen LogP contribution in [0.15, 0.2) is 48.8 Å². The lowest BCUT2D eigenvalue weighted by Gasteiger charge is -2.16. The van der Waals surface area contributed by atoms with Gasteiger partial charge in [0, 0.05) is 50.9 Å². The maximum atomic E-state index is 12.2. The van der Waals surface area contributed by atoms with Crippen molar-refractivity contribution in [3.63, 3.8) is 0 Å². The van der Waals surface area contributed by atoms with Gasteiger partial charge in [-0.05, 0) is 42.8 Å². The quantitative estimate of drug-likeness (QED) is 0.523. The van der Waals surface area contributed by atoms with Crippen molar-refractivity contribution in [1.82, 2.24) is 20.2 Å². The van der Waals surface area contributed by atoms with Crippen LogP contribution < -0.4 is 20.7 Å². The van der Waals surface area contributed by atoms with Crippen LogP contribution in [0.2, 0.25) is 0 Å². The predicted molar refractivity (Wildman–Crippen MR) is 124 cm³/mol. The molecule has 0 aliphatic carbocycles. The lowest BCUT2D eigenvalue weighted by Crippen LogP contribution is -2.21. The molecule has 3 rings (SSSR count). The van der Waals surface area contributed by atoms with Crippen LogP contribution in [0.4, 0.5) is 22.9 Å². The van der Waals surface area contributed by atoms with Gasteiger partial charge in [0.05, 0.1) is 18.5 Å². The molecule has 2 amide bonds. The van der Waals surface area contributed by atoms with Crippen molar-refractivity contribution in [2.24, 2.45) is 0 Å². The lowest BCUT2D eigenvalue weighted by atomic mass is 10.1. The summed E-state index contributed by atoms with van der Waals surface area (Å²) in [5.74, 6) is 0.686. The van der Waals surface area contributed by atoms with Crippen molar-refractivity contribution in [3.8, 4) is 5.75 Å². The number of carbonyl (C=O) groups excluding carboxylic acids is 2. The summed E-state index contributed by atoms with van der Waals surface area (Å²) in [4.78, 5) is 34.5. The van der Waals surface area contributed by atoms with Gasteiger partial charge in [-0.25, -0.2) is 9.97 Å². The average molecular weight is 435 g/mol. The lowest BCUT2D eigenvalue weighted by molar-refractivity contribution is 0.0827. The van der Waals surface area contributed by atoms with Gasteiger partial charge in [0.2, 0.25) is 0 Å². The van der Waals surface area contributed by atoms with Crippen molar-refractivity contribution in [3.05, 3.63) is 65.6 Å². The van der Waals surface area contributed by atoms with Crippen molar-refractivity contribution in [2.45, 2.75) is 6.92 Å². The third kappa shape index (κ3) is 4.94.